The van der Waals surface area contributed by atoms with E-state index in [1.54, 1.807) is 31.5 Å². The molecule has 7 heteroatoms. The van der Waals surface area contributed by atoms with Gasteiger partial charge in [0.15, 0.2) is 5.82 Å². The second-order valence-corrected chi connectivity index (χ2v) is 5.33. The Balaban J connectivity index is 2.07. The lowest BCUT2D eigenvalue weighted by molar-refractivity contribution is -0.123. The average Bonchev–Trinajstić information content (AvgIpc) is 3.00. The number of amides is 1. The Morgan fingerprint density at radius 3 is 2.91 bits per heavy atom. The van der Waals surface area contributed by atoms with Crippen molar-refractivity contribution in [2.75, 3.05) is 0 Å². The summed E-state index contributed by atoms with van der Waals surface area (Å²) in [6, 6.07) is 3.45. The largest absolute Gasteiger partial charge is 0.369 e. The van der Waals surface area contributed by atoms with Crippen LogP contribution in [0, 0.1) is 5.82 Å². The highest BCUT2D eigenvalue weighted by Gasteiger charge is 2.35. The second-order valence-electron chi connectivity index (χ2n) is 5.33. The number of hydrogen-bond donors (Lipinski definition) is 2. The van der Waals surface area contributed by atoms with Crippen LogP contribution in [0.3, 0.4) is 0 Å². The molecule has 1 amide bonds. The Morgan fingerprint density at radius 1 is 1.41 bits per heavy atom. The molecule has 0 aromatic carbocycles. The molecule has 0 radical (unpaired) electrons. The van der Waals surface area contributed by atoms with Gasteiger partial charge in [-0.3, -0.25) is 19.9 Å². The maximum atomic E-state index is 14.5. The quantitative estimate of drug-likeness (QED) is 0.762. The van der Waals surface area contributed by atoms with E-state index >= 15 is 0 Å². The summed E-state index contributed by atoms with van der Waals surface area (Å²) in [5.74, 6) is -1.06. The number of aromatic nitrogens is 4. The molecule has 0 saturated carbocycles. The molecular formula is C15H14FN5O. The summed E-state index contributed by atoms with van der Waals surface area (Å²) in [5.41, 5.74) is 5.75. The van der Waals surface area contributed by atoms with Crippen molar-refractivity contribution in [2.45, 2.75) is 18.8 Å². The van der Waals surface area contributed by atoms with Crippen LogP contribution >= 0.6 is 0 Å². The van der Waals surface area contributed by atoms with E-state index in [-0.39, 0.29) is 12.1 Å². The first-order chi connectivity index (χ1) is 10.5. The maximum Gasteiger partial charge on any atom is 0.228 e. The number of H-pyrrole nitrogens is 1. The number of nitrogens with two attached hydrogens (primary N) is 1. The Bertz CT molecular complexity index is 832. The van der Waals surface area contributed by atoms with Crippen LogP contribution in [0.5, 0.6) is 0 Å². The van der Waals surface area contributed by atoms with Crippen LogP contribution in [0.15, 0.2) is 36.9 Å². The predicted molar refractivity (Wildman–Crippen MR) is 78.3 cm³/mol. The van der Waals surface area contributed by atoms with E-state index in [4.69, 9.17) is 5.73 Å². The Kier molecular flexibility index (Phi) is 3.32. The minimum Gasteiger partial charge on any atom is -0.369 e. The minimum atomic E-state index is -1.10. The number of carbonyl (C=O) groups excluding carboxylic acids is 1. The molecule has 0 aliphatic rings. The third-order valence-electron chi connectivity index (χ3n) is 3.87. The first-order valence-corrected chi connectivity index (χ1v) is 6.69. The van der Waals surface area contributed by atoms with Gasteiger partial charge in [-0.05, 0) is 18.6 Å². The number of hydrogen-bond acceptors (Lipinski definition) is 4. The molecule has 3 rings (SSSR count). The third-order valence-corrected chi connectivity index (χ3v) is 3.87. The number of nitrogens with one attached hydrogen (secondary N) is 1. The summed E-state index contributed by atoms with van der Waals surface area (Å²) in [7, 11) is 0. The van der Waals surface area contributed by atoms with Crippen molar-refractivity contribution >= 4 is 16.8 Å². The normalized spacial score (nSPS) is 13.9. The molecule has 1 unspecified atom stereocenters. The van der Waals surface area contributed by atoms with Crippen LogP contribution < -0.4 is 5.73 Å². The summed E-state index contributed by atoms with van der Waals surface area (Å²) in [5, 5.41) is 6.77. The van der Waals surface area contributed by atoms with Crippen LogP contribution in [0.4, 0.5) is 4.39 Å². The molecule has 0 bridgehead atoms. The highest BCUT2D eigenvalue weighted by molar-refractivity contribution is 5.86. The molecule has 0 aliphatic heterocycles. The first-order valence-electron chi connectivity index (χ1n) is 6.69. The molecule has 0 saturated heterocycles. The number of halogens is 1. The van der Waals surface area contributed by atoms with Gasteiger partial charge >= 0.3 is 0 Å². The lowest BCUT2D eigenvalue weighted by atomic mass is 9.78. The van der Waals surface area contributed by atoms with Gasteiger partial charge in [-0.15, -0.1) is 0 Å². The van der Waals surface area contributed by atoms with Gasteiger partial charge in [-0.2, -0.15) is 5.10 Å². The van der Waals surface area contributed by atoms with E-state index in [1.165, 1.54) is 12.4 Å². The molecule has 3 heterocycles. The van der Waals surface area contributed by atoms with Crippen LogP contribution in [0.1, 0.15) is 18.2 Å². The van der Waals surface area contributed by atoms with E-state index in [1.807, 2.05) is 0 Å². The zero-order valence-electron chi connectivity index (χ0n) is 11.9. The lowest BCUT2D eigenvalue weighted by Gasteiger charge is -2.26. The number of rotatable bonds is 4. The fourth-order valence-corrected chi connectivity index (χ4v) is 2.40. The molecule has 22 heavy (non-hydrogen) atoms. The van der Waals surface area contributed by atoms with Crippen molar-refractivity contribution in [3.05, 3.63) is 54.0 Å². The maximum absolute atomic E-state index is 14.5. The third kappa shape index (κ3) is 2.20. The van der Waals surface area contributed by atoms with E-state index in [9.17, 15) is 9.18 Å². The Labute approximate surface area is 125 Å². The average molecular weight is 299 g/mol. The van der Waals surface area contributed by atoms with Gasteiger partial charge in [0.1, 0.15) is 0 Å². The summed E-state index contributed by atoms with van der Waals surface area (Å²) in [6.07, 6.45) is 6.08. The van der Waals surface area contributed by atoms with Crippen molar-refractivity contribution in [3.63, 3.8) is 0 Å². The van der Waals surface area contributed by atoms with Gasteiger partial charge in [0.2, 0.25) is 5.91 Å². The monoisotopic (exact) mass is 299 g/mol. The van der Waals surface area contributed by atoms with Crippen LogP contribution in [-0.4, -0.2) is 26.1 Å². The summed E-state index contributed by atoms with van der Waals surface area (Å²) in [4.78, 5) is 20.1. The molecule has 0 fully saturated rings. The lowest BCUT2D eigenvalue weighted by Crippen LogP contribution is -2.41. The van der Waals surface area contributed by atoms with Crippen molar-refractivity contribution in [1.29, 1.82) is 0 Å². The SMILES string of the molecule is CC(Cc1ncc2[nH]ncc2c1F)(C(N)=O)c1cccnc1. The zero-order valence-corrected chi connectivity index (χ0v) is 11.9. The second kappa shape index (κ2) is 5.18. The van der Waals surface area contributed by atoms with Crippen molar-refractivity contribution < 1.29 is 9.18 Å². The molecule has 0 spiro atoms. The Hall–Kier alpha value is -2.83. The summed E-state index contributed by atoms with van der Waals surface area (Å²) >= 11 is 0. The van der Waals surface area contributed by atoms with Gasteiger partial charge in [0.25, 0.3) is 0 Å². The van der Waals surface area contributed by atoms with Crippen LogP contribution in [0.2, 0.25) is 0 Å². The highest BCUT2D eigenvalue weighted by atomic mass is 19.1. The molecule has 0 aliphatic carbocycles. The van der Waals surface area contributed by atoms with Gasteiger partial charge in [-0.25, -0.2) is 4.39 Å². The predicted octanol–water partition coefficient (Wildman–Crippen LogP) is 1.48. The first kappa shape index (κ1) is 14.1. The topological polar surface area (TPSA) is 97.5 Å². The number of primary amides is 1. The Morgan fingerprint density at radius 2 is 2.23 bits per heavy atom. The van der Waals surface area contributed by atoms with Crippen molar-refractivity contribution in [1.82, 2.24) is 20.2 Å². The molecule has 112 valence electrons. The number of pyridine rings is 2. The van der Waals surface area contributed by atoms with E-state index in [0.717, 1.165) is 0 Å². The zero-order chi connectivity index (χ0) is 15.7. The number of fused-ring (bicyclic) bond motifs is 1. The number of aromatic amines is 1. The smallest absolute Gasteiger partial charge is 0.228 e. The molecule has 3 aromatic rings. The van der Waals surface area contributed by atoms with Crippen LogP contribution in [-0.2, 0) is 16.6 Å². The van der Waals surface area contributed by atoms with E-state index in [2.05, 4.69) is 20.2 Å². The van der Waals surface area contributed by atoms with Gasteiger partial charge in [-0.1, -0.05) is 6.07 Å². The summed E-state index contributed by atoms with van der Waals surface area (Å²) in [6.45, 7) is 1.66. The standard InChI is InChI=1S/C15H14FN5O/c1-15(14(17)22,9-3-2-4-18-6-9)5-11-13(16)10-7-20-21-12(10)8-19-11/h2-4,6-8H,5H2,1H3,(H2,17,22)(H,20,21). The van der Waals surface area contributed by atoms with Crippen LogP contribution in [0.25, 0.3) is 10.9 Å². The molecular weight excluding hydrogens is 285 g/mol. The molecule has 3 aromatic heterocycles. The number of nitrogens with zero attached hydrogens (tertiary/aromatic N) is 3. The number of carbonyl (C=O) groups is 1. The van der Waals surface area contributed by atoms with Crippen molar-refractivity contribution in [2.24, 2.45) is 5.73 Å². The molecule has 6 nitrogen and oxygen atoms in total. The fourth-order valence-electron chi connectivity index (χ4n) is 2.40. The molecule has 3 N–H and O–H groups in total. The fraction of sp³-hybridized carbons (Fsp3) is 0.200. The summed E-state index contributed by atoms with van der Waals surface area (Å²) < 4.78 is 14.5. The van der Waals surface area contributed by atoms with E-state index in [0.29, 0.717) is 16.5 Å². The molecule has 1 atom stereocenters. The van der Waals surface area contributed by atoms with E-state index < -0.39 is 17.1 Å². The van der Waals surface area contributed by atoms with Gasteiger partial charge < -0.3 is 5.73 Å². The highest BCUT2D eigenvalue weighted by Crippen LogP contribution is 2.29. The van der Waals surface area contributed by atoms with Crippen molar-refractivity contribution in [3.8, 4) is 0 Å². The van der Waals surface area contributed by atoms with Gasteiger partial charge in [0, 0.05) is 18.8 Å². The van der Waals surface area contributed by atoms with Gasteiger partial charge in [0.05, 0.1) is 34.4 Å². The minimum absolute atomic E-state index is 0.0426.